The highest BCUT2D eigenvalue weighted by atomic mass is 32.2. The SMILES string of the molecule is CCc1ccc(N2C(=O)C3=C(C2=O)[C@H](c2ccc(SC)cc2)Nc2ccccc2S3)cc1. The van der Waals surface area contributed by atoms with Gasteiger partial charge in [0.15, 0.2) is 0 Å². The van der Waals surface area contributed by atoms with E-state index >= 15 is 0 Å². The smallest absolute Gasteiger partial charge is 0.272 e. The number of anilines is 2. The Kier molecular flexibility index (Phi) is 5.57. The van der Waals surface area contributed by atoms with Crippen molar-refractivity contribution in [2.45, 2.75) is 29.2 Å². The zero-order valence-electron chi connectivity index (χ0n) is 17.8. The molecule has 0 aliphatic carbocycles. The number of amides is 2. The first kappa shape index (κ1) is 20.9. The Balaban J connectivity index is 1.61. The maximum atomic E-state index is 13.7. The monoisotopic (exact) mass is 458 g/mol. The number of imide groups is 1. The van der Waals surface area contributed by atoms with Gasteiger partial charge in [-0.2, -0.15) is 0 Å². The highest BCUT2D eigenvalue weighted by Gasteiger charge is 2.45. The molecule has 2 aliphatic rings. The van der Waals surface area contributed by atoms with Crippen molar-refractivity contribution in [1.29, 1.82) is 0 Å². The number of rotatable bonds is 4. The molecule has 0 radical (unpaired) electrons. The molecule has 0 unspecified atom stereocenters. The number of hydrogen-bond acceptors (Lipinski definition) is 5. The second kappa shape index (κ2) is 8.52. The fraction of sp³-hybridized carbons (Fsp3) is 0.154. The molecule has 3 aromatic rings. The van der Waals surface area contributed by atoms with Crippen LogP contribution >= 0.6 is 23.5 Å². The summed E-state index contributed by atoms with van der Waals surface area (Å²) >= 11 is 3.05. The van der Waals surface area contributed by atoms with Crippen LogP contribution in [0.5, 0.6) is 0 Å². The number of para-hydroxylation sites is 1. The first-order chi connectivity index (χ1) is 15.6. The van der Waals surface area contributed by atoms with Gasteiger partial charge in [-0.25, -0.2) is 4.90 Å². The second-order valence-electron chi connectivity index (χ2n) is 7.66. The number of nitrogens with zero attached hydrogens (tertiary/aromatic N) is 1. The molecule has 3 aromatic carbocycles. The third-order valence-electron chi connectivity index (χ3n) is 5.81. The average molecular weight is 459 g/mol. The molecule has 32 heavy (non-hydrogen) atoms. The van der Waals surface area contributed by atoms with Gasteiger partial charge in [0.25, 0.3) is 11.8 Å². The van der Waals surface area contributed by atoms with E-state index in [9.17, 15) is 9.59 Å². The summed E-state index contributed by atoms with van der Waals surface area (Å²) in [5, 5.41) is 3.54. The zero-order chi connectivity index (χ0) is 22.2. The number of aryl methyl sites for hydroxylation is 1. The van der Waals surface area contributed by atoms with E-state index in [-0.39, 0.29) is 11.8 Å². The molecule has 4 nitrogen and oxygen atoms in total. The lowest BCUT2D eigenvalue weighted by molar-refractivity contribution is -0.120. The minimum Gasteiger partial charge on any atom is -0.373 e. The van der Waals surface area contributed by atoms with Crippen molar-refractivity contribution >= 4 is 46.7 Å². The zero-order valence-corrected chi connectivity index (χ0v) is 19.4. The maximum absolute atomic E-state index is 13.7. The maximum Gasteiger partial charge on any atom is 0.272 e. The van der Waals surface area contributed by atoms with Crippen LogP contribution in [0.25, 0.3) is 0 Å². The van der Waals surface area contributed by atoms with Crippen LogP contribution in [0.2, 0.25) is 0 Å². The van der Waals surface area contributed by atoms with Gasteiger partial charge < -0.3 is 5.32 Å². The molecule has 1 N–H and O–H groups in total. The molecular formula is C26H22N2O2S2. The molecule has 0 bridgehead atoms. The van der Waals surface area contributed by atoms with E-state index < -0.39 is 6.04 Å². The van der Waals surface area contributed by atoms with Gasteiger partial charge in [0.1, 0.15) is 0 Å². The van der Waals surface area contributed by atoms with Crippen molar-refractivity contribution in [1.82, 2.24) is 0 Å². The Morgan fingerprint density at radius 2 is 1.66 bits per heavy atom. The van der Waals surface area contributed by atoms with Crippen molar-refractivity contribution in [2.24, 2.45) is 0 Å². The second-order valence-corrected chi connectivity index (χ2v) is 9.59. The summed E-state index contributed by atoms with van der Waals surface area (Å²) in [6, 6.07) is 23.3. The first-order valence-corrected chi connectivity index (χ1v) is 12.5. The summed E-state index contributed by atoms with van der Waals surface area (Å²) < 4.78 is 0. The Hall–Kier alpha value is -2.96. The molecule has 0 saturated heterocycles. The average Bonchev–Trinajstić information content (AvgIpc) is 2.98. The molecule has 0 spiro atoms. The van der Waals surface area contributed by atoms with Crippen molar-refractivity contribution in [3.8, 4) is 0 Å². The Morgan fingerprint density at radius 1 is 0.938 bits per heavy atom. The lowest BCUT2D eigenvalue weighted by Crippen LogP contribution is -2.33. The van der Waals surface area contributed by atoms with E-state index in [1.807, 2.05) is 79.1 Å². The fourth-order valence-corrected chi connectivity index (χ4v) is 5.56. The number of fused-ring (bicyclic) bond motifs is 1. The van der Waals surface area contributed by atoms with Crippen molar-refractivity contribution < 1.29 is 9.59 Å². The summed E-state index contributed by atoms with van der Waals surface area (Å²) in [4.78, 5) is 31.1. The minimum absolute atomic E-state index is 0.261. The van der Waals surface area contributed by atoms with Crippen molar-refractivity contribution in [3.05, 3.63) is 94.4 Å². The summed E-state index contributed by atoms with van der Waals surface area (Å²) in [5.74, 6) is -0.524. The number of thioether (sulfide) groups is 2. The van der Waals surface area contributed by atoms with Crippen LogP contribution in [0, 0.1) is 0 Å². The molecule has 1 atom stereocenters. The van der Waals surface area contributed by atoms with Crippen LogP contribution < -0.4 is 10.2 Å². The molecular weight excluding hydrogens is 436 g/mol. The molecule has 2 amide bonds. The minimum atomic E-state index is -0.409. The predicted molar refractivity (Wildman–Crippen MR) is 132 cm³/mol. The first-order valence-electron chi connectivity index (χ1n) is 10.5. The van der Waals surface area contributed by atoms with E-state index in [2.05, 4.69) is 12.2 Å². The van der Waals surface area contributed by atoms with E-state index in [4.69, 9.17) is 0 Å². The Bertz CT molecular complexity index is 1230. The van der Waals surface area contributed by atoms with Crippen molar-refractivity contribution in [3.63, 3.8) is 0 Å². The van der Waals surface area contributed by atoms with Gasteiger partial charge in [0.2, 0.25) is 0 Å². The molecule has 2 aliphatic heterocycles. The van der Waals surface area contributed by atoms with Gasteiger partial charge in [-0.3, -0.25) is 9.59 Å². The van der Waals surface area contributed by atoms with E-state index in [1.54, 1.807) is 11.8 Å². The number of carbonyl (C=O) groups excluding carboxylic acids is 2. The van der Waals surface area contributed by atoms with E-state index in [0.717, 1.165) is 27.5 Å². The molecule has 2 heterocycles. The van der Waals surface area contributed by atoms with E-state index in [1.165, 1.54) is 22.2 Å². The van der Waals surface area contributed by atoms with Crippen LogP contribution in [0.3, 0.4) is 0 Å². The predicted octanol–water partition coefficient (Wildman–Crippen LogP) is 6.06. The normalized spacial score (nSPS) is 17.7. The Morgan fingerprint density at radius 3 is 2.34 bits per heavy atom. The largest absolute Gasteiger partial charge is 0.373 e. The molecule has 0 aromatic heterocycles. The van der Waals surface area contributed by atoms with Crippen LogP contribution in [0.1, 0.15) is 24.1 Å². The highest BCUT2D eigenvalue weighted by molar-refractivity contribution is 8.04. The molecule has 0 saturated carbocycles. The molecule has 5 rings (SSSR count). The lowest BCUT2D eigenvalue weighted by Gasteiger charge is -2.23. The van der Waals surface area contributed by atoms with Gasteiger partial charge in [0.05, 0.1) is 22.2 Å². The van der Waals surface area contributed by atoms with Crippen LogP contribution in [-0.2, 0) is 16.0 Å². The molecule has 0 fully saturated rings. The lowest BCUT2D eigenvalue weighted by atomic mass is 9.98. The van der Waals surface area contributed by atoms with Gasteiger partial charge in [-0.05, 0) is 60.2 Å². The quantitative estimate of drug-likeness (QED) is 0.381. The summed E-state index contributed by atoms with van der Waals surface area (Å²) in [6.07, 6.45) is 2.94. The van der Waals surface area contributed by atoms with Gasteiger partial charge >= 0.3 is 0 Å². The molecule has 6 heteroatoms. The van der Waals surface area contributed by atoms with Gasteiger partial charge in [-0.1, -0.05) is 55.1 Å². The number of nitrogens with one attached hydrogen (secondary N) is 1. The molecule has 160 valence electrons. The third kappa shape index (κ3) is 3.53. The summed E-state index contributed by atoms with van der Waals surface area (Å²) in [7, 11) is 0. The number of hydrogen-bond donors (Lipinski definition) is 1. The van der Waals surface area contributed by atoms with Gasteiger partial charge in [-0.15, -0.1) is 11.8 Å². The summed E-state index contributed by atoms with van der Waals surface area (Å²) in [5.41, 5.74) is 4.16. The number of carbonyl (C=O) groups is 2. The van der Waals surface area contributed by atoms with Crippen LogP contribution in [-0.4, -0.2) is 18.1 Å². The van der Waals surface area contributed by atoms with Crippen LogP contribution in [0.15, 0.2) is 93.1 Å². The third-order valence-corrected chi connectivity index (χ3v) is 7.73. The van der Waals surface area contributed by atoms with Gasteiger partial charge in [0, 0.05) is 15.5 Å². The standard InChI is InChI=1S/C26H22N2O2S2/c1-3-16-8-12-18(13-9-16)28-25(29)22-23(17-10-14-19(31-2)15-11-17)27-20-6-4-5-7-21(20)32-24(22)26(28)30/h4-15,23,27H,3H2,1-2H3/t23-/m0/s1. The van der Waals surface area contributed by atoms with Crippen LogP contribution in [0.4, 0.5) is 11.4 Å². The Labute approximate surface area is 196 Å². The fourth-order valence-electron chi connectivity index (χ4n) is 4.05. The van der Waals surface area contributed by atoms with Crippen molar-refractivity contribution in [2.75, 3.05) is 16.5 Å². The van der Waals surface area contributed by atoms with E-state index in [0.29, 0.717) is 16.2 Å². The topological polar surface area (TPSA) is 49.4 Å². The number of benzene rings is 3. The summed E-state index contributed by atoms with van der Waals surface area (Å²) in [6.45, 7) is 2.08. The highest BCUT2D eigenvalue weighted by Crippen LogP contribution is 2.48.